The second kappa shape index (κ2) is 5.74. The van der Waals surface area contributed by atoms with E-state index >= 15 is 0 Å². The van der Waals surface area contributed by atoms with Gasteiger partial charge in [0, 0.05) is 37.0 Å². The van der Waals surface area contributed by atoms with Crippen molar-refractivity contribution in [3.63, 3.8) is 0 Å². The standard InChI is InChI=1S/C20H18FNO/c21-17-8-6-15(7-9-17)18-10-16-12-22(13-19(16)20(18)23)11-14-4-2-1-3-5-14/h1-10,16,19H,11-13H2/t16-,19+/m0/s1. The molecule has 0 saturated carbocycles. The van der Waals surface area contributed by atoms with Gasteiger partial charge in [-0.25, -0.2) is 4.39 Å². The van der Waals surface area contributed by atoms with Crippen LogP contribution in [0.3, 0.4) is 0 Å². The number of rotatable bonds is 3. The molecule has 0 unspecified atom stereocenters. The fraction of sp³-hybridized carbons (Fsp3) is 0.250. The molecule has 2 aromatic carbocycles. The van der Waals surface area contributed by atoms with Gasteiger partial charge >= 0.3 is 0 Å². The quantitative estimate of drug-likeness (QED) is 0.864. The smallest absolute Gasteiger partial charge is 0.168 e. The van der Waals surface area contributed by atoms with E-state index < -0.39 is 0 Å². The van der Waals surface area contributed by atoms with Gasteiger partial charge in [-0.05, 0) is 23.3 Å². The lowest BCUT2D eigenvalue weighted by atomic mass is 9.97. The van der Waals surface area contributed by atoms with E-state index in [1.54, 1.807) is 12.1 Å². The second-order valence-corrected chi connectivity index (χ2v) is 6.40. The van der Waals surface area contributed by atoms with Crippen molar-refractivity contribution < 1.29 is 9.18 Å². The predicted octanol–water partition coefficient (Wildman–Crippen LogP) is 3.54. The molecule has 0 radical (unpaired) electrons. The number of likely N-dealkylation sites (tertiary alicyclic amines) is 1. The summed E-state index contributed by atoms with van der Waals surface area (Å²) in [4.78, 5) is 15.0. The third kappa shape index (κ3) is 2.73. The number of allylic oxidation sites excluding steroid dienone is 1. The van der Waals surface area contributed by atoms with Crippen LogP contribution in [0.15, 0.2) is 60.7 Å². The van der Waals surface area contributed by atoms with Crippen molar-refractivity contribution in [2.24, 2.45) is 11.8 Å². The first kappa shape index (κ1) is 14.3. The van der Waals surface area contributed by atoms with Crippen molar-refractivity contribution in [1.29, 1.82) is 0 Å². The van der Waals surface area contributed by atoms with Crippen LogP contribution < -0.4 is 0 Å². The Balaban J connectivity index is 1.50. The molecule has 23 heavy (non-hydrogen) atoms. The Labute approximate surface area is 135 Å². The van der Waals surface area contributed by atoms with E-state index in [1.165, 1.54) is 17.7 Å². The van der Waals surface area contributed by atoms with E-state index in [2.05, 4.69) is 23.1 Å². The summed E-state index contributed by atoms with van der Waals surface area (Å²) < 4.78 is 13.0. The molecule has 1 aliphatic heterocycles. The van der Waals surface area contributed by atoms with Gasteiger partial charge in [0.25, 0.3) is 0 Å². The van der Waals surface area contributed by atoms with Gasteiger partial charge in [-0.1, -0.05) is 48.5 Å². The zero-order chi connectivity index (χ0) is 15.8. The first-order chi connectivity index (χ1) is 11.2. The monoisotopic (exact) mass is 307 g/mol. The second-order valence-electron chi connectivity index (χ2n) is 6.40. The maximum absolute atomic E-state index is 13.0. The van der Waals surface area contributed by atoms with Crippen LogP contribution in [0.4, 0.5) is 4.39 Å². The van der Waals surface area contributed by atoms with E-state index in [1.807, 2.05) is 18.2 Å². The number of hydrogen-bond acceptors (Lipinski definition) is 2. The topological polar surface area (TPSA) is 20.3 Å². The summed E-state index contributed by atoms with van der Waals surface area (Å²) in [6.45, 7) is 2.61. The molecule has 2 nitrogen and oxygen atoms in total. The predicted molar refractivity (Wildman–Crippen MR) is 88.1 cm³/mol. The Hall–Kier alpha value is -2.26. The van der Waals surface area contributed by atoms with Gasteiger partial charge in [-0.2, -0.15) is 0 Å². The first-order valence-electron chi connectivity index (χ1n) is 7.99. The summed E-state index contributed by atoms with van der Waals surface area (Å²) in [5.41, 5.74) is 2.88. The molecular weight excluding hydrogens is 289 g/mol. The summed E-state index contributed by atoms with van der Waals surface area (Å²) in [6.07, 6.45) is 2.09. The number of carbonyl (C=O) groups is 1. The molecule has 0 aromatic heterocycles. The third-order valence-electron chi connectivity index (χ3n) is 4.83. The Bertz CT molecular complexity index is 751. The Morgan fingerprint density at radius 3 is 2.43 bits per heavy atom. The summed E-state index contributed by atoms with van der Waals surface area (Å²) in [7, 11) is 0. The maximum atomic E-state index is 13.0. The highest BCUT2D eigenvalue weighted by Crippen LogP contribution is 2.38. The maximum Gasteiger partial charge on any atom is 0.168 e. The molecule has 4 rings (SSSR count). The Kier molecular flexibility index (Phi) is 3.58. The van der Waals surface area contributed by atoms with Crippen LogP contribution >= 0.6 is 0 Å². The normalized spacial score (nSPS) is 23.9. The number of nitrogens with zero attached hydrogens (tertiary/aromatic N) is 1. The number of fused-ring (bicyclic) bond motifs is 1. The zero-order valence-corrected chi connectivity index (χ0v) is 12.8. The number of ketones is 1. The summed E-state index contributed by atoms with van der Waals surface area (Å²) in [5, 5.41) is 0. The van der Waals surface area contributed by atoms with Gasteiger partial charge in [0.05, 0.1) is 0 Å². The molecule has 1 fully saturated rings. The third-order valence-corrected chi connectivity index (χ3v) is 4.83. The van der Waals surface area contributed by atoms with Gasteiger partial charge in [-0.3, -0.25) is 9.69 Å². The Morgan fingerprint density at radius 2 is 1.74 bits per heavy atom. The Morgan fingerprint density at radius 1 is 1.00 bits per heavy atom. The fourth-order valence-electron chi connectivity index (χ4n) is 3.69. The lowest BCUT2D eigenvalue weighted by Gasteiger charge is -2.16. The van der Waals surface area contributed by atoms with Crippen LogP contribution in [-0.2, 0) is 11.3 Å². The van der Waals surface area contributed by atoms with Gasteiger partial charge in [-0.15, -0.1) is 0 Å². The molecular formula is C20H18FNO. The number of Topliss-reactive ketones (excluding diaryl/α,β-unsaturated/α-hetero) is 1. The van der Waals surface area contributed by atoms with E-state index in [4.69, 9.17) is 0 Å². The minimum absolute atomic E-state index is 0.0544. The van der Waals surface area contributed by atoms with E-state index in [9.17, 15) is 9.18 Å². The van der Waals surface area contributed by atoms with Crippen LogP contribution in [0.5, 0.6) is 0 Å². The molecule has 2 aliphatic rings. The lowest BCUT2D eigenvalue weighted by Crippen LogP contribution is -2.23. The first-order valence-corrected chi connectivity index (χ1v) is 7.99. The minimum atomic E-state index is -0.269. The molecule has 116 valence electrons. The van der Waals surface area contributed by atoms with E-state index in [-0.39, 0.29) is 23.4 Å². The van der Waals surface area contributed by atoms with Crippen LogP contribution in [0, 0.1) is 17.7 Å². The molecule has 1 heterocycles. The summed E-state index contributed by atoms with van der Waals surface area (Å²) in [5.74, 6) is 0.274. The molecule has 1 aliphatic carbocycles. The number of halogens is 1. The van der Waals surface area contributed by atoms with Crippen molar-refractivity contribution in [2.75, 3.05) is 13.1 Å². The van der Waals surface area contributed by atoms with Gasteiger partial charge in [0.1, 0.15) is 5.82 Å². The SMILES string of the molecule is O=C1C(c2ccc(F)cc2)=C[C@H]2CN(Cc3ccccc3)C[C@@H]12. The number of hydrogen-bond donors (Lipinski definition) is 0. The van der Waals surface area contributed by atoms with Gasteiger partial charge in [0.15, 0.2) is 5.78 Å². The van der Waals surface area contributed by atoms with Crippen molar-refractivity contribution in [3.05, 3.63) is 77.6 Å². The number of carbonyl (C=O) groups excluding carboxylic acids is 1. The van der Waals surface area contributed by atoms with Crippen molar-refractivity contribution in [1.82, 2.24) is 4.90 Å². The van der Waals surface area contributed by atoms with Crippen LogP contribution in [0.25, 0.3) is 5.57 Å². The van der Waals surface area contributed by atoms with Crippen LogP contribution in [0.2, 0.25) is 0 Å². The van der Waals surface area contributed by atoms with Crippen LogP contribution in [0.1, 0.15) is 11.1 Å². The zero-order valence-electron chi connectivity index (χ0n) is 12.8. The van der Waals surface area contributed by atoms with E-state index in [0.717, 1.165) is 30.8 Å². The molecule has 3 heteroatoms. The van der Waals surface area contributed by atoms with Gasteiger partial charge < -0.3 is 0 Å². The lowest BCUT2D eigenvalue weighted by molar-refractivity contribution is -0.116. The van der Waals surface area contributed by atoms with E-state index in [0.29, 0.717) is 0 Å². The van der Waals surface area contributed by atoms with Crippen molar-refractivity contribution in [2.45, 2.75) is 6.54 Å². The molecule has 0 spiro atoms. The highest BCUT2D eigenvalue weighted by atomic mass is 19.1. The molecule has 0 amide bonds. The minimum Gasteiger partial charge on any atom is -0.298 e. The molecule has 2 aromatic rings. The average molecular weight is 307 g/mol. The average Bonchev–Trinajstić information content (AvgIpc) is 3.08. The molecule has 1 saturated heterocycles. The highest BCUT2D eigenvalue weighted by molar-refractivity contribution is 6.24. The van der Waals surface area contributed by atoms with Gasteiger partial charge in [0.2, 0.25) is 0 Å². The molecule has 0 bridgehead atoms. The molecule has 2 atom stereocenters. The summed E-state index contributed by atoms with van der Waals surface area (Å²) in [6, 6.07) is 16.6. The fourth-order valence-corrected chi connectivity index (χ4v) is 3.69. The largest absolute Gasteiger partial charge is 0.298 e. The number of benzene rings is 2. The van der Waals surface area contributed by atoms with Crippen LogP contribution in [-0.4, -0.2) is 23.8 Å². The van der Waals surface area contributed by atoms with Crippen molar-refractivity contribution in [3.8, 4) is 0 Å². The highest BCUT2D eigenvalue weighted by Gasteiger charge is 2.42. The molecule has 0 N–H and O–H groups in total. The van der Waals surface area contributed by atoms with Crippen molar-refractivity contribution >= 4 is 11.4 Å². The summed E-state index contributed by atoms with van der Waals surface area (Å²) >= 11 is 0.